The second kappa shape index (κ2) is 4.92. The molecule has 0 aliphatic carbocycles. The summed E-state index contributed by atoms with van der Waals surface area (Å²) in [6.45, 7) is 0.804. The third-order valence-electron chi connectivity index (χ3n) is 4.03. The van der Waals surface area contributed by atoms with Crippen molar-refractivity contribution >= 4 is 21.5 Å². The molecular weight excluding hydrogens is 292 g/mol. The predicted molar refractivity (Wildman–Crippen MR) is 75.8 cm³/mol. The van der Waals surface area contributed by atoms with E-state index in [9.17, 15) is 18.0 Å². The smallest absolute Gasteiger partial charge is 0.254 e. The number of hydrogen-bond donors (Lipinski definition) is 1. The Balaban J connectivity index is 1.91. The minimum atomic E-state index is -3.36. The molecule has 1 aromatic rings. The molecule has 3 rings (SSSR count). The Labute approximate surface area is 123 Å². The Morgan fingerprint density at radius 2 is 2.14 bits per heavy atom. The number of hydrogen-bond acceptors (Lipinski definition) is 5. The monoisotopic (exact) mass is 308 g/mol. The van der Waals surface area contributed by atoms with Crippen molar-refractivity contribution < 1.29 is 18.0 Å². The van der Waals surface area contributed by atoms with Gasteiger partial charge in [-0.25, -0.2) is 8.42 Å². The second-order valence-electron chi connectivity index (χ2n) is 5.49. The van der Waals surface area contributed by atoms with Crippen molar-refractivity contribution in [1.29, 1.82) is 0 Å². The number of carbonyl (C=O) groups is 2. The average Bonchev–Trinajstić information content (AvgIpc) is 3.02. The maximum atomic E-state index is 12.6. The number of amides is 1. The van der Waals surface area contributed by atoms with Gasteiger partial charge in [-0.3, -0.25) is 9.59 Å². The largest absolute Gasteiger partial charge is 0.326 e. The van der Waals surface area contributed by atoms with Crippen LogP contribution in [0.2, 0.25) is 0 Å². The van der Waals surface area contributed by atoms with Gasteiger partial charge in [-0.05, 0) is 31.2 Å². The summed E-state index contributed by atoms with van der Waals surface area (Å²) in [6, 6.07) is 5.57. The first-order valence-corrected chi connectivity index (χ1v) is 8.64. The highest BCUT2D eigenvalue weighted by Gasteiger charge is 2.45. The minimum absolute atomic E-state index is 0.0186. The zero-order valence-electron chi connectivity index (χ0n) is 11.6. The zero-order valence-corrected chi connectivity index (χ0v) is 12.4. The molecule has 7 heteroatoms. The molecule has 6 nitrogen and oxygen atoms in total. The molecule has 0 bridgehead atoms. The molecule has 2 fully saturated rings. The summed E-state index contributed by atoms with van der Waals surface area (Å²) in [5, 5.41) is 3.10. The van der Waals surface area contributed by atoms with E-state index in [0.29, 0.717) is 12.1 Å². The van der Waals surface area contributed by atoms with Gasteiger partial charge in [0.15, 0.2) is 15.6 Å². The number of rotatable bonds is 2. The lowest BCUT2D eigenvalue weighted by Gasteiger charge is -2.22. The van der Waals surface area contributed by atoms with E-state index in [-0.39, 0.29) is 35.2 Å². The molecule has 1 aromatic carbocycles. The molecule has 1 N–H and O–H groups in total. The first-order chi connectivity index (χ1) is 9.88. The van der Waals surface area contributed by atoms with Gasteiger partial charge in [0.1, 0.15) is 0 Å². The molecular formula is C14H16N2O4S. The SMILES string of the molecule is CS(=O)(=O)c1cccc(C(=O)N2CC(=O)C3NCCC32)c1. The van der Waals surface area contributed by atoms with Gasteiger partial charge in [0.2, 0.25) is 0 Å². The summed E-state index contributed by atoms with van der Waals surface area (Å²) in [5.41, 5.74) is 0.304. The van der Waals surface area contributed by atoms with Gasteiger partial charge in [-0.1, -0.05) is 6.07 Å². The predicted octanol–water partition coefficient (Wildman–Crippen LogP) is -0.155. The van der Waals surface area contributed by atoms with Crippen LogP contribution in [0.1, 0.15) is 16.8 Å². The lowest BCUT2D eigenvalue weighted by molar-refractivity contribution is -0.118. The summed E-state index contributed by atoms with van der Waals surface area (Å²) >= 11 is 0. The van der Waals surface area contributed by atoms with Gasteiger partial charge in [0, 0.05) is 11.8 Å². The van der Waals surface area contributed by atoms with Gasteiger partial charge in [-0.2, -0.15) is 0 Å². The van der Waals surface area contributed by atoms with Gasteiger partial charge in [0.05, 0.1) is 23.5 Å². The number of ketones is 1. The number of fused-ring (bicyclic) bond motifs is 1. The van der Waals surface area contributed by atoms with Crippen LogP contribution in [0.3, 0.4) is 0 Å². The lowest BCUT2D eigenvalue weighted by Crippen LogP contribution is -2.39. The van der Waals surface area contributed by atoms with Gasteiger partial charge >= 0.3 is 0 Å². The molecule has 0 aromatic heterocycles. The van der Waals surface area contributed by atoms with E-state index in [1.54, 1.807) is 17.0 Å². The van der Waals surface area contributed by atoms with Crippen LogP contribution in [0.4, 0.5) is 0 Å². The average molecular weight is 308 g/mol. The fourth-order valence-electron chi connectivity index (χ4n) is 2.99. The van der Waals surface area contributed by atoms with Gasteiger partial charge in [0.25, 0.3) is 5.91 Å². The van der Waals surface area contributed by atoms with Crippen LogP contribution >= 0.6 is 0 Å². The van der Waals surface area contributed by atoms with Crippen LogP contribution in [0.15, 0.2) is 29.2 Å². The molecule has 2 aliphatic rings. The Hall–Kier alpha value is -1.73. The fourth-order valence-corrected chi connectivity index (χ4v) is 3.65. The van der Waals surface area contributed by atoms with Crippen LogP contribution in [0.25, 0.3) is 0 Å². The Kier molecular flexibility index (Phi) is 3.33. The van der Waals surface area contributed by atoms with E-state index in [2.05, 4.69) is 5.32 Å². The Bertz CT molecular complexity index is 713. The van der Waals surface area contributed by atoms with E-state index in [0.717, 1.165) is 12.7 Å². The molecule has 2 unspecified atom stereocenters. The Morgan fingerprint density at radius 1 is 1.38 bits per heavy atom. The molecule has 112 valence electrons. The number of carbonyl (C=O) groups excluding carboxylic acids is 2. The highest BCUT2D eigenvalue weighted by molar-refractivity contribution is 7.90. The quantitative estimate of drug-likeness (QED) is 0.821. The molecule has 21 heavy (non-hydrogen) atoms. The molecule has 0 radical (unpaired) electrons. The summed E-state index contributed by atoms with van der Waals surface area (Å²) in [6.07, 6.45) is 1.85. The molecule has 0 saturated carbocycles. The summed E-state index contributed by atoms with van der Waals surface area (Å²) in [4.78, 5) is 26.1. The van der Waals surface area contributed by atoms with Crippen LogP contribution in [-0.2, 0) is 14.6 Å². The fraction of sp³-hybridized carbons (Fsp3) is 0.429. The van der Waals surface area contributed by atoms with Crippen LogP contribution in [0.5, 0.6) is 0 Å². The van der Waals surface area contributed by atoms with E-state index in [4.69, 9.17) is 0 Å². The van der Waals surface area contributed by atoms with E-state index >= 15 is 0 Å². The highest BCUT2D eigenvalue weighted by atomic mass is 32.2. The van der Waals surface area contributed by atoms with Crippen molar-refractivity contribution in [1.82, 2.24) is 10.2 Å². The van der Waals surface area contributed by atoms with Crippen molar-refractivity contribution in [3.8, 4) is 0 Å². The van der Waals surface area contributed by atoms with Gasteiger partial charge in [-0.15, -0.1) is 0 Å². The third-order valence-corrected chi connectivity index (χ3v) is 5.14. The molecule has 0 spiro atoms. The maximum Gasteiger partial charge on any atom is 0.254 e. The topological polar surface area (TPSA) is 83.6 Å². The van der Waals surface area contributed by atoms with Crippen molar-refractivity contribution in [3.05, 3.63) is 29.8 Å². The minimum Gasteiger partial charge on any atom is -0.326 e. The van der Waals surface area contributed by atoms with Crippen LogP contribution in [-0.4, -0.2) is 56.4 Å². The number of benzene rings is 1. The second-order valence-corrected chi connectivity index (χ2v) is 7.50. The van der Waals surface area contributed by atoms with Gasteiger partial charge < -0.3 is 10.2 Å². The van der Waals surface area contributed by atoms with E-state index in [1.807, 2.05) is 0 Å². The van der Waals surface area contributed by atoms with Crippen molar-refractivity contribution in [2.24, 2.45) is 0 Å². The van der Waals surface area contributed by atoms with Crippen LogP contribution < -0.4 is 5.32 Å². The first-order valence-electron chi connectivity index (χ1n) is 6.75. The highest BCUT2D eigenvalue weighted by Crippen LogP contribution is 2.25. The number of sulfone groups is 1. The Morgan fingerprint density at radius 3 is 2.86 bits per heavy atom. The number of nitrogens with zero attached hydrogens (tertiary/aromatic N) is 1. The maximum absolute atomic E-state index is 12.6. The third kappa shape index (κ3) is 2.47. The summed E-state index contributed by atoms with van der Waals surface area (Å²) in [5.74, 6) is -0.268. The van der Waals surface area contributed by atoms with E-state index < -0.39 is 9.84 Å². The van der Waals surface area contributed by atoms with Crippen LogP contribution in [0, 0.1) is 0 Å². The standard InChI is InChI=1S/C14H16N2O4S/c1-21(19,20)10-4-2-3-9(7-10)14(18)16-8-12(17)13-11(16)5-6-15-13/h2-4,7,11,13,15H,5-6,8H2,1H3. The van der Waals surface area contributed by atoms with Crippen molar-refractivity contribution in [2.75, 3.05) is 19.3 Å². The van der Waals surface area contributed by atoms with Crippen molar-refractivity contribution in [3.63, 3.8) is 0 Å². The molecule has 2 aliphatic heterocycles. The van der Waals surface area contributed by atoms with Crippen molar-refractivity contribution in [2.45, 2.75) is 23.4 Å². The normalized spacial score (nSPS) is 25.2. The first kappa shape index (κ1) is 14.2. The van der Waals surface area contributed by atoms with E-state index in [1.165, 1.54) is 12.1 Å². The molecule has 2 heterocycles. The summed E-state index contributed by atoms with van der Waals surface area (Å²) in [7, 11) is -3.36. The lowest BCUT2D eigenvalue weighted by atomic mass is 10.1. The zero-order chi connectivity index (χ0) is 15.2. The number of Topliss-reactive ketones (excluding diaryl/α,β-unsaturated/α-hetero) is 1. The summed E-state index contributed by atoms with van der Waals surface area (Å²) < 4.78 is 23.1. The molecule has 2 saturated heterocycles. The molecule has 1 amide bonds. The number of nitrogens with one attached hydrogen (secondary N) is 1. The number of likely N-dealkylation sites (tertiary alicyclic amines) is 1. The molecule has 2 atom stereocenters.